The Labute approximate surface area is 245 Å². The summed E-state index contributed by atoms with van der Waals surface area (Å²) in [5, 5.41) is 20.0. The Balaban J connectivity index is 1.43. The smallest absolute Gasteiger partial charge is 0.369 e. The minimum absolute atomic E-state index is 0.000446. The van der Waals surface area contributed by atoms with Crippen LogP contribution in [-0.2, 0) is 23.4 Å². The highest BCUT2D eigenvalue weighted by Crippen LogP contribution is 2.50. The molecule has 1 fully saturated rings. The van der Waals surface area contributed by atoms with E-state index >= 15 is 0 Å². The van der Waals surface area contributed by atoms with Crippen molar-refractivity contribution in [2.75, 3.05) is 32.8 Å². The van der Waals surface area contributed by atoms with Crippen molar-refractivity contribution in [3.05, 3.63) is 89.7 Å². The lowest BCUT2D eigenvalue weighted by molar-refractivity contribution is -0.376. The number of pyridine rings is 1. The van der Waals surface area contributed by atoms with Gasteiger partial charge in [-0.15, -0.1) is 0 Å². The predicted octanol–water partition coefficient (Wildman–Crippen LogP) is 4.43. The van der Waals surface area contributed by atoms with Crippen molar-refractivity contribution in [2.24, 2.45) is 5.73 Å². The minimum Gasteiger partial charge on any atom is -0.369 e. The van der Waals surface area contributed by atoms with Crippen LogP contribution in [-0.4, -0.2) is 82.5 Å². The van der Waals surface area contributed by atoms with E-state index in [0.29, 0.717) is 55.9 Å². The van der Waals surface area contributed by atoms with Crippen LogP contribution >= 0.6 is 0 Å². The van der Waals surface area contributed by atoms with Gasteiger partial charge in [0.25, 0.3) is 5.60 Å². The van der Waals surface area contributed by atoms with Crippen LogP contribution < -0.4 is 5.73 Å². The number of nitrogens with zero attached hydrogens (tertiary/aromatic N) is 3. The molecule has 1 aliphatic rings. The molecule has 2 atom stereocenters. The molecule has 1 aromatic heterocycles. The maximum Gasteiger partial charge on any atom is 0.430 e. The van der Waals surface area contributed by atoms with Crippen LogP contribution in [0.2, 0.25) is 0 Å². The van der Waals surface area contributed by atoms with E-state index in [1.807, 2.05) is 24.3 Å². The largest absolute Gasteiger partial charge is 0.430 e. The quantitative estimate of drug-likeness (QED) is 0.218. The van der Waals surface area contributed by atoms with E-state index < -0.39 is 29.8 Å². The van der Waals surface area contributed by atoms with Crippen LogP contribution in [0.25, 0.3) is 11.1 Å². The molecule has 2 heterocycles. The standard InChI is InChI=1S/C30H34F6N4O3/c31-29(32,33)28(42,30(34,35)36)25-7-5-24(6-8-25)23-3-1-21(2-4-23)18-39-14-15-40(19-22-9-12-38-13-10-22)26(20-39)17-27(41)43-16-11-37/h1-10,12-13,26-27,41-42H,11,14-20,37H2. The summed E-state index contributed by atoms with van der Waals surface area (Å²) in [6, 6.07) is 14.6. The zero-order valence-electron chi connectivity index (χ0n) is 23.2. The number of hydrogen-bond donors (Lipinski definition) is 3. The van der Waals surface area contributed by atoms with Gasteiger partial charge in [-0.2, -0.15) is 26.3 Å². The number of benzene rings is 2. The number of aliphatic hydroxyl groups excluding tert-OH is 1. The predicted molar refractivity (Wildman–Crippen MR) is 147 cm³/mol. The van der Waals surface area contributed by atoms with Gasteiger partial charge in [0.15, 0.2) is 6.29 Å². The van der Waals surface area contributed by atoms with E-state index in [9.17, 15) is 36.6 Å². The summed E-state index contributed by atoms with van der Waals surface area (Å²) in [5.41, 5.74) is 2.30. The lowest BCUT2D eigenvalue weighted by Gasteiger charge is -2.42. The van der Waals surface area contributed by atoms with E-state index in [0.717, 1.165) is 36.3 Å². The Kier molecular flexibility index (Phi) is 10.5. The number of aromatic nitrogens is 1. The number of hydrogen-bond acceptors (Lipinski definition) is 7. The number of aliphatic hydroxyl groups is 2. The Morgan fingerprint density at radius 2 is 1.40 bits per heavy atom. The molecule has 0 saturated carbocycles. The van der Waals surface area contributed by atoms with E-state index in [1.54, 1.807) is 24.5 Å². The van der Waals surface area contributed by atoms with Gasteiger partial charge < -0.3 is 20.7 Å². The summed E-state index contributed by atoms with van der Waals surface area (Å²) in [4.78, 5) is 8.61. The first-order valence-electron chi connectivity index (χ1n) is 13.7. The van der Waals surface area contributed by atoms with E-state index in [4.69, 9.17) is 10.5 Å². The van der Waals surface area contributed by atoms with Crippen LogP contribution in [0.3, 0.4) is 0 Å². The summed E-state index contributed by atoms with van der Waals surface area (Å²) >= 11 is 0. The molecule has 0 aliphatic carbocycles. The number of alkyl halides is 6. The molecule has 234 valence electrons. The van der Waals surface area contributed by atoms with Crippen LogP contribution in [0.4, 0.5) is 26.3 Å². The molecule has 2 aromatic carbocycles. The second-order valence-corrected chi connectivity index (χ2v) is 10.5. The minimum atomic E-state index is -5.94. The van der Waals surface area contributed by atoms with Crippen molar-refractivity contribution >= 4 is 0 Å². The lowest BCUT2D eigenvalue weighted by Crippen LogP contribution is -2.53. The highest BCUT2D eigenvalue weighted by Gasteiger charge is 2.71. The second kappa shape index (κ2) is 13.7. The molecule has 1 aliphatic heterocycles. The maximum absolute atomic E-state index is 13.2. The first-order valence-corrected chi connectivity index (χ1v) is 13.7. The fourth-order valence-electron chi connectivity index (χ4n) is 5.21. The van der Waals surface area contributed by atoms with Gasteiger partial charge >= 0.3 is 12.4 Å². The van der Waals surface area contributed by atoms with Crippen molar-refractivity contribution in [1.29, 1.82) is 0 Å². The summed E-state index contributed by atoms with van der Waals surface area (Å²) in [6.07, 6.45) is -8.96. The van der Waals surface area contributed by atoms with Gasteiger partial charge in [-0.25, -0.2) is 0 Å². The first-order chi connectivity index (χ1) is 20.3. The number of ether oxygens (including phenoxy) is 1. The van der Waals surface area contributed by atoms with Crippen molar-refractivity contribution in [3.8, 4) is 11.1 Å². The highest BCUT2D eigenvalue weighted by atomic mass is 19.4. The average molecular weight is 613 g/mol. The van der Waals surface area contributed by atoms with Gasteiger partial charge in [-0.3, -0.25) is 14.8 Å². The van der Waals surface area contributed by atoms with Gasteiger partial charge in [0.05, 0.1) is 6.61 Å². The number of piperazine rings is 1. The zero-order chi connectivity index (χ0) is 31.3. The third-order valence-electron chi connectivity index (χ3n) is 7.54. The van der Waals surface area contributed by atoms with Gasteiger partial charge in [-0.1, -0.05) is 48.5 Å². The van der Waals surface area contributed by atoms with E-state index in [-0.39, 0.29) is 12.6 Å². The van der Waals surface area contributed by atoms with Gasteiger partial charge in [0.1, 0.15) is 0 Å². The Bertz CT molecular complexity index is 1280. The third kappa shape index (κ3) is 7.91. The number of rotatable bonds is 11. The fraction of sp³-hybridized carbons (Fsp3) is 0.433. The molecule has 4 rings (SSSR count). The zero-order valence-corrected chi connectivity index (χ0v) is 23.2. The van der Waals surface area contributed by atoms with Crippen molar-refractivity contribution in [1.82, 2.24) is 14.8 Å². The SMILES string of the molecule is NCCOC(O)CC1CN(Cc2ccc(-c3ccc(C(O)(C(F)(F)F)C(F)(F)F)cc3)cc2)CCN1Cc1ccncc1. The van der Waals surface area contributed by atoms with Gasteiger partial charge in [0, 0.05) is 69.7 Å². The average Bonchev–Trinajstić information content (AvgIpc) is 2.97. The van der Waals surface area contributed by atoms with Crippen molar-refractivity contribution < 1.29 is 41.3 Å². The monoisotopic (exact) mass is 612 g/mol. The van der Waals surface area contributed by atoms with E-state index in [1.165, 1.54) is 0 Å². The molecule has 0 radical (unpaired) electrons. The Morgan fingerprint density at radius 1 is 0.837 bits per heavy atom. The molecule has 3 aromatic rings. The molecule has 43 heavy (non-hydrogen) atoms. The summed E-state index contributed by atoms with van der Waals surface area (Å²) in [6.45, 7) is 4.04. The first kappa shape index (κ1) is 32.8. The molecule has 4 N–H and O–H groups in total. The molecule has 0 spiro atoms. The molecule has 2 unspecified atom stereocenters. The van der Waals surface area contributed by atoms with Gasteiger partial charge in [0.2, 0.25) is 0 Å². The summed E-state index contributed by atoms with van der Waals surface area (Å²) in [5.74, 6) is 0. The van der Waals surface area contributed by atoms with Gasteiger partial charge in [-0.05, 0) is 34.4 Å². The lowest BCUT2D eigenvalue weighted by atomic mass is 9.90. The van der Waals surface area contributed by atoms with Crippen molar-refractivity contribution in [2.45, 2.75) is 49.8 Å². The number of nitrogens with two attached hydrogens (primary N) is 1. The molecule has 7 nitrogen and oxygen atoms in total. The molecule has 13 heteroatoms. The summed E-state index contributed by atoms with van der Waals surface area (Å²) < 4.78 is 84.6. The molecule has 0 bridgehead atoms. The van der Waals surface area contributed by atoms with Crippen LogP contribution in [0.15, 0.2) is 73.1 Å². The van der Waals surface area contributed by atoms with Crippen molar-refractivity contribution in [3.63, 3.8) is 0 Å². The second-order valence-electron chi connectivity index (χ2n) is 10.5. The molecular weight excluding hydrogens is 578 g/mol. The Morgan fingerprint density at radius 3 is 1.95 bits per heavy atom. The third-order valence-corrected chi connectivity index (χ3v) is 7.54. The molecule has 1 saturated heterocycles. The number of halogens is 6. The van der Waals surface area contributed by atoms with E-state index in [2.05, 4.69) is 14.8 Å². The highest BCUT2D eigenvalue weighted by molar-refractivity contribution is 5.64. The van der Waals surface area contributed by atoms with Crippen LogP contribution in [0, 0.1) is 0 Å². The fourth-order valence-corrected chi connectivity index (χ4v) is 5.21. The normalized spacial score (nSPS) is 18.1. The van der Waals surface area contributed by atoms with Crippen LogP contribution in [0.1, 0.15) is 23.1 Å². The molecular formula is C30H34F6N4O3. The Hall–Kier alpha value is -3.07. The molecule has 0 amide bonds. The maximum atomic E-state index is 13.2. The summed E-state index contributed by atoms with van der Waals surface area (Å²) in [7, 11) is 0. The topological polar surface area (TPSA) is 95.1 Å². The van der Waals surface area contributed by atoms with Crippen LogP contribution in [0.5, 0.6) is 0 Å².